The molecule has 1 N–H and O–H groups in total. The molecule has 28 heavy (non-hydrogen) atoms. The highest BCUT2D eigenvalue weighted by Crippen LogP contribution is 2.30. The van der Waals surface area contributed by atoms with Crippen LogP contribution in [0.5, 0.6) is 0 Å². The van der Waals surface area contributed by atoms with Crippen molar-refractivity contribution in [3.05, 3.63) is 77.6 Å². The summed E-state index contributed by atoms with van der Waals surface area (Å²) in [6, 6.07) is 15.9. The van der Waals surface area contributed by atoms with Crippen molar-refractivity contribution in [1.82, 2.24) is 9.78 Å². The largest absolute Gasteiger partial charge is 0.433 e. The van der Waals surface area contributed by atoms with Crippen LogP contribution in [0.4, 0.5) is 18.9 Å². The Hall–Kier alpha value is -3.60. The van der Waals surface area contributed by atoms with Gasteiger partial charge in [-0.1, -0.05) is 12.1 Å². The van der Waals surface area contributed by atoms with E-state index in [-0.39, 0.29) is 18.0 Å². The van der Waals surface area contributed by atoms with Crippen LogP contribution in [0.15, 0.2) is 60.8 Å². The molecule has 0 saturated carbocycles. The number of aryl methyl sites for hydroxylation is 1. The molecule has 0 aliphatic heterocycles. The molecule has 2 aromatic carbocycles. The number of nitrogens with one attached hydrogen (secondary N) is 1. The molecule has 5 nitrogen and oxygen atoms in total. The molecule has 142 valence electrons. The maximum atomic E-state index is 13.0. The van der Waals surface area contributed by atoms with Gasteiger partial charge in [-0.3, -0.25) is 4.79 Å². The van der Waals surface area contributed by atoms with E-state index in [1.54, 1.807) is 24.3 Å². The number of anilines is 1. The number of benzene rings is 2. The lowest BCUT2D eigenvalue weighted by Crippen LogP contribution is -2.14. The van der Waals surface area contributed by atoms with Gasteiger partial charge < -0.3 is 5.32 Å². The van der Waals surface area contributed by atoms with Crippen molar-refractivity contribution >= 4 is 11.6 Å². The van der Waals surface area contributed by atoms with Crippen LogP contribution in [0.1, 0.15) is 23.2 Å². The van der Waals surface area contributed by atoms with Gasteiger partial charge in [0.2, 0.25) is 5.91 Å². The third kappa shape index (κ3) is 4.57. The van der Waals surface area contributed by atoms with E-state index < -0.39 is 11.9 Å². The molecule has 0 fully saturated rings. The van der Waals surface area contributed by atoms with Crippen LogP contribution in [0.3, 0.4) is 0 Å². The predicted molar refractivity (Wildman–Crippen MR) is 96.7 cm³/mol. The minimum Gasteiger partial charge on any atom is -0.326 e. The van der Waals surface area contributed by atoms with Crippen LogP contribution < -0.4 is 5.32 Å². The molecule has 3 aromatic rings. The van der Waals surface area contributed by atoms with Crippen molar-refractivity contribution in [2.45, 2.75) is 19.0 Å². The van der Waals surface area contributed by atoms with Crippen LogP contribution in [-0.4, -0.2) is 15.7 Å². The quantitative estimate of drug-likeness (QED) is 0.712. The molecule has 3 rings (SSSR count). The zero-order valence-corrected chi connectivity index (χ0v) is 14.6. The van der Waals surface area contributed by atoms with Crippen molar-refractivity contribution in [3.63, 3.8) is 0 Å². The average Bonchev–Trinajstić information content (AvgIpc) is 3.18. The Morgan fingerprint density at radius 1 is 1.07 bits per heavy atom. The highest BCUT2D eigenvalue weighted by atomic mass is 19.4. The summed E-state index contributed by atoms with van der Waals surface area (Å²) in [6.07, 6.45) is -2.67. The second-order valence-corrected chi connectivity index (χ2v) is 6.03. The zero-order chi connectivity index (χ0) is 20.1. The summed E-state index contributed by atoms with van der Waals surface area (Å²) >= 11 is 0. The van der Waals surface area contributed by atoms with Gasteiger partial charge in [0.1, 0.15) is 5.69 Å². The fraction of sp³-hybridized carbons (Fsp3) is 0.150. The minimum absolute atomic E-state index is 0.216. The number of rotatable bonds is 5. The Morgan fingerprint density at radius 3 is 2.36 bits per heavy atom. The van der Waals surface area contributed by atoms with E-state index in [0.29, 0.717) is 17.7 Å². The molecule has 0 unspecified atom stereocenters. The zero-order valence-electron chi connectivity index (χ0n) is 14.6. The second-order valence-electron chi connectivity index (χ2n) is 6.03. The molecular formula is C20H15F3N4O. The summed E-state index contributed by atoms with van der Waals surface area (Å²) < 4.78 is 39.7. The van der Waals surface area contributed by atoms with E-state index in [2.05, 4.69) is 10.4 Å². The SMILES string of the molecule is N#Cc1ccc(CCC(=O)Nc2ccc(-n3nccc3C(F)(F)F)cc2)cc1. The number of halogens is 3. The van der Waals surface area contributed by atoms with Crippen LogP contribution in [0.25, 0.3) is 5.69 Å². The van der Waals surface area contributed by atoms with Crippen molar-refractivity contribution in [2.24, 2.45) is 0 Å². The van der Waals surface area contributed by atoms with Gasteiger partial charge in [0.25, 0.3) is 0 Å². The fourth-order valence-electron chi connectivity index (χ4n) is 2.64. The number of hydrogen-bond acceptors (Lipinski definition) is 3. The standard InChI is InChI=1S/C20H15F3N4O/c21-20(22,23)18-11-12-25-27(18)17-8-6-16(7-9-17)26-19(28)10-5-14-1-3-15(13-24)4-2-14/h1-4,6-9,11-12H,5,10H2,(H,26,28). The number of amides is 1. The van der Waals surface area contributed by atoms with E-state index in [1.165, 1.54) is 24.3 Å². The van der Waals surface area contributed by atoms with Crippen LogP contribution in [0, 0.1) is 11.3 Å². The summed E-state index contributed by atoms with van der Waals surface area (Å²) in [5.74, 6) is -0.216. The Kier molecular flexibility index (Phi) is 5.45. The summed E-state index contributed by atoms with van der Waals surface area (Å²) in [7, 11) is 0. The lowest BCUT2D eigenvalue weighted by molar-refractivity contribution is -0.142. The molecule has 1 amide bonds. The summed E-state index contributed by atoms with van der Waals surface area (Å²) in [5, 5.41) is 15.2. The Labute approximate surface area is 159 Å². The van der Waals surface area contributed by atoms with Gasteiger partial charge in [-0.15, -0.1) is 0 Å². The summed E-state index contributed by atoms with van der Waals surface area (Å²) in [5.41, 5.74) is 1.34. The van der Waals surface area contributed by atoms with Gasteiger partial charge in [-0.05, 0) is 54.4 Å². The summed E-state index contributed by atoms with van der Waals surface area (Å²) in [4.78, 5) is 12.1. The van der Waals surface area contributed by atoms with Gasteiger partial charge in [-0.25, -0.2) is 4.68 Å². The van der Waals surface area contributed by atoms with E-state index >= 15 is 0 Å². The number of nitrogens with zero attached hydrogens (tertiary/aromatic N) is 3. The smallest absolute Gasteiger partial charge is 0.326 e. The van der Waals surface area contributed by atoms with Crippen LogP contribution >= 0.6 is 0 Å². The fourth-order valence-corrected chi connectivity index (χ4v) is 2.64. The number of alkyl halides is 3. The van der Waals surface area contributed by atoms with Crippen LogP contribution in [-0.2, 0) is 17.4 Å². The monoisotopic (exact) mass is 384 g/mol. The molecule has 1 aromatic heterocycles. The highest BCUT2D eigenvalue weighted by molar-refractivity contribution is 5.90. The number of hydrogen-bond donors (Lipinski definition) is 1. The Morgan fingerprint density at radius 2 is 1.75 bits per heavy atom. The van der Waals surface area contributed by atoms with Gasteiger partial charge >= 0.3 is 6.18 Å². The Bertz CT molecular complexity index is 1000. The average molecular weight is 384 g/mol. The molecule has 0 atom stereocenters. The number of carbonyl (C=O) groups excluding carboxylic acids is 1. The van der Waals surface area contributed by atoms with Gasteiger partial charge in [0.05, 0.1) is 23.5 Å². The number of aromatic nitrogens is 2. The van der Waals surface area contributed by atoms with Crippen molar-refractivity contribution in [2.75, 3.05) is 5.32 Å². The van der Waals surface area contributed by atoms with Crippen molar-refractivity contribution < 1.29 is 18.0 Å². The highest BCUT2D eigenvalue weighted by Gasteiger charge is 2.35. The first-order valence-corrected chi connectivity index (χ1v) is 8.37. The van der Waals surface area contributed by atoms with Crippen LogP contribution in [0.2, 0.25) is 0 Å². The van der Waals surface area contributed by atoms with Gasteiger partial charge in [0.15, 0.2) is 0 Å². The Balaban J connectivity index is 1.60. The van der Waals surface area contributed by atoms with Crippen molar-refractivity contribution in [1.29, 1.82) is 5.26 Å². The molecule has 0 radical (unpaired) electrons. The molecule has 0 aliphatic rings. The molecule has 1 heterocycles. The molecular weight excluding hydrogens is 369 g/mol. The lowest BCUT2D eigenvalue weighted by Gasteiger charge is -2.11. The maximum Gasteiger partial charge on any atom is 0.433 e. The number of nitriles is 1. The third-order valence-electron chi connectivity index (χ3n) is 4.05. The normalized spacial score (nSPS) is 11.1. The molecule has 0 bridgehead atoms. The minimum atomic E-state index is -4.51. The predicted octanol–water partition coefficient (Wildman–Crippen LogP) is 4.33. The number of carbonyl (C=O) groups is 1. The first-order chi connectivity index (χ1) is 13.4. The van der Waals surface area contributed by atoms with E-state index in [9.17, 15) is 18.0 Å². The topological polar surface area (TPSA) is 70.7 Å². The van der Waals surface area contributed by atoms with Crippen molar-refractivity contribution in [3.8, 4) is 11.8 Å². The molecule has 8 heteroatoms. The third-order valence-corrected chi connectivity index (χ3v) is 4.05. The first kappa shape index (κ1) is 19.2. The first-order valence-electron chi connectivity index (χ1n) is 8.37. The molecule has 0 aliphatic carbocycles. The summed E-state index contributed by atoms with van der Waals surface area (Å²) in [6.45, 7) is 0. The van der Waals surface area contributed by atoms with E-state index in [1.807, 2.05) is 6.07 Å². The van der Waals surface area contributed by atoms with E-state index in [0.717, 1.165) is 22.5 Å². The van der Waals surface area contributed by atoms with Gasteiger partial charge in [0, 0.05) is 12.1 Å². The molecule has 0 spiro atoms. The van der Waals surface area contributed by atoms with Gasteiger partial charge in [-0.2, -0.15) is 23.5 Å². The van der Waals surface area contributed by atoms with E-state index in [4.69, 9.17) is 5.26 Å². The maximum absolute atomic E-state index is 13.0. The second kappa shape index (κ2) is 7.96. The lowest BCUT2D eigenvalue weighted by atomic mass is 10.1. The molecule has 0 saturated heterocycles.